The molecule has 1 aromatic rings. The molecule has 100 valence electrons. The number of hydrogen-bond acceptors (Lipinski definition) is 2. The van der Waals surface area contributed by atoms with Gasteiger partial charge in [0.2, 0.25) is 5.91 Å². The Hall–Kier alpha value is -1.58. The van der Waals surface area contributed by atoms with Crippen LogP contribution >= 0.6 is 0 Å². The molecule has 0 aliphatic rings. The van der Waals surface area contributed by atoms with Crippen molar-refractivity contribution in [2.24, 2.45) is 0 Å². The maximum Gasteiger partial charge on any atom is 0.223 e. The van der Waals surface area contributed by atoms with Gasteiger partial charge in [-0.3, -0.25) is 9.48 Å². The van der Waals surface area contributed by atoms with Crippen LogP contribution in [0.2, 0.25) is 0 Å². The summed E-state index contributed by atoms with van der Waals surface area (Å²) in [7, 11) is 0. The van der Waals surface area contributed by atoms with E-state index in [2.05, 4.69) is 24.3 Å². The van der Waals surface area contributed by atoms with Crippen molar-refractivity contribution >= 4 is 5.91 Å². The topological polar surface area (TPSA) is 46.9 Å². The highest BCUT2D eigenvalue weighted by Crippen LogP contribution is 2.12. The molecule has 4 nitrogen and oxygen atoms in total. The molecule has 1 rings (SSSR count). The molecule has 0 unspecified atom stereocenters. The summed E-state index contributed by atoms with van der Waals surface area (Å²) < 4.78 is 1.98. The van der Waals surface area contributed by atoms with E-state index in [-0.39, 0.29) is 5.91 Å². The van der Waals surface area contributed by atoms with Crippen LogP contribution in [-0.2, 0) is 17.8 Å². The van der Waals surface area contributed by atoms with Crippen molar-refractivity contribution in [2.75, 3.05) is 6.54 Å². The lowest BCUT2D eigenvalue weighted by Crippen LogP contribution is -2.27. The Morgan fingerprint density at radius 3 is 2.72 bits per heavy atom. The van der Waals surface area contributed by atoms with Gasteiger partial charge in [0.1, 0.15) is 0 Å². The lowest BCUT2D eigenvalue weighted by atomic mass is 10.1. The first kappa shape index (κ1) is 14.5. The molecular formula is C14H23N3O. The SMILES string of the molecule is CC=CCC(=O)NCCn1nc(C)c(CC)c1C. The Morgan fingerprint density at radius 1 is 1.44 bits per heavy atom. The lowest BCUT2D eigenvalue weighted by molar-refractivity contribution is -0.120. The second-order valence-electron chi connectivity index (χ2n) is 4.35. The van der Waals surface area contributed by atoms with Gasteiger partial charge in [-0.1, -0.05) is 19.1 Å². The molecule has 18 heavy (non-hydrogen) atoms. The number of nitrogens with zero attached hydrogens (tertiary/aromatic N) is 2. The summed E-state index contributed by atoms with van der Waals surface area (Å²) >= 11 is 0. The zero-order valence-electron chi connectivity index (χ0n) is 11.8. The van der Waals surface area contributed by atoms with Crippen molar-refractivity contribution < 1.29 is 4.79 Å². The number of carbonyl (C=O) groups is 1. The fraction of sp³-hybridized carbons (Fsp3) is 0.571. The lowest BCUT2D eigenvalue weighted by Gasteiger charge is -2.06. The monoisotopic (exact) mass is 249 g/mol. The maximum atomic E-state index is 11.4. The van der Waals surface area contributed by atoms with Crippen molar-refractivity contribution in [3.8, 4) is 0 Å². The molecule has 1 N–H and O–H groups in total. The first-order valence-corrected chi connectivity index (χ1v) is 6.50. The quantitative estimate of drug-likeness (QED) is 0.785. The zero-order valence-corrected chi connectivity index (χ0v) is 11.8. The van der Waals surface area contributed by atoms with Crippen molar-refractivity contribution in [3.05, 3.63) is 29.1 Å². The van der Waals surface area contributed by atoms with Crippen LogP contribution in [-0.4, -0.2) is 22.2 Å². The minimum atomic E-state index is 0.0605. The maximum absolute atomic E-state index is 11.4. The van der Waals surface area contributed by atoms with Crippen molar-refractivity contribution in [1.29, 1.82) is 0 Å². The van der Waals surface area contributed by atoms with Crippen LogP contribution in [0.15, 0.2) is 12.2 Å². The Labute approximate surface area is 109 Å². The van der Waals surface area contributed by atoms with Crippen LogP contribution in [0.5, 0.6) is 0 Å². The number of nitrogens with one attached hydrogen (secondary N) is 1. The number of allylic oxidation sites excluding steroid dienone is 1. The smallest absolute Gasteiger partial charge is 0.223 e. The summed E-state index contributed by atoms with van der Waals surface area (Å²) in [6, 6.07) is 0. The normalized spacial score (nSPS) is 11.1. The van der Waals surface area contributed by atoms with Gasteiger partial charge >= 0.3 is 0 Å². The van der Waals surface area contributed by atoms with Crippen LogP contribution in [0.4, 0.5) is 0 Å². The van der Waals surface area contributed by atoms with Gasteiger partial charge in [-0.05, 0) is 32.8 Å². The third kappa shape index (κ3) is 3.72. The number of hydrogen-bond donors (Lipinski definition) is 1. The zero-order chi connectivity index (χ0) is 13.5. The van der Waals surface area contributed by atoms with Gasteiger partial charge in [0.25, 0.3) is 0 Å². The molecule has 0 atom stereocenters. The fourth-order valence-electron chi connectivity index (χ4n) is 2.06. The molecule has 1 heterocycles. The van der Waals surface area contributed by atoms with Crippen LogP contribution in [0.25, 0.3) is 0 Å². The standard InChI is InChI=1S/C14H23N3O/c1-5-7-8-14(18)15-9-10-17-12(4)13(6-2)11(3)16-17/h5,7H,6,8-10H2,1-4H3,(H,15,18). The third-order valence-corrected chi connectivity index (χ3v) is 3.07. The van der Waals surface area contributed by atoms with Gasteiger partial charge < -0.3 is 5.32 Å². The van der Waals surface area contributed by atoms with E-state index < -0.39 is 0 Å². The van der Waals surface area contributed by atoms with Crippen LogP contribution in [0, 0.1) is 13.8 Å². The van der Waals surface area contributed by atoms with E-state index in [1.165, 1.54) is 11.3 Å². The van der Waals surface area contributed by atoms with E-state index in [4.69, 9.17) is 0 Å². The molecule has 0 saturated heterocycles. The van der Waals surface area contributed by atoms with Gasteiger partial charge in [0, 0.05) is 18.7 Å². The minimum Gasteiger partial charge on any atom is -0.354 e. The third-order valence-electron chi connectivity index (χ3n) is 3.07. The molecule has 0 aliphatic heterocycles. The molecule has 0 bridgehead atoms. The van der Waals surface area contributed by atoms with E-state index in [0.717, 1.165) is 18.7 Å². The highest BCUT2D eigenvalue weighted by molar-refractivity contribution is 5.77. The molecule has 4 heteroatoms. The van der Waals surface area contributed by atoms with Gasteiger partial charge in [-0.15, -0.1) is 0 Å². The van der Waals surface area contributed by atoms with Crippen molar-refractivity contribution in [2.45, 2.75) is 47.1 Å². The molecule has 0 fully saturated rings. The Balaban J connectivity index is 2.47. The number of aryl methyl sites for hydroxylation is 1. The molecule has 0 aliphatic carbocycles. The average molecular weight is 249 g/mol. The van der Waals surface area contributed by atoms with E-state index in [9.17, 15) is 4.79 Å². The van der Waals surface area contributed by atoms with E-state index in [0.29, 0.717) is 13.0 Å². The molecule has 0 radical (unpaired) electrons. The van der Waals surface area contributed by atoms with E-state index >= 15 is 0 Å². The molecule has 1 amide bonds. The van der Waals surface area contributed by atoms with Gasteiger partial charge in [-0.2, -0.15) is 5.10 Å². The van der Waals surface area contributed by atoms with Crippen molar-refractivity contribution in [3.63, 3.8) is 0 Å². The first-order valence-electron chi connectivity index (χ1n) is 6.50. The number of aromatic nitrogens is 2. The second kappa shape index (κ2) is 6.99. The van der Waals surface area contributed by atoms with Gasteiger partial charge in [0.15, 0.2) is 0 Å². The predicted molar refractivity (Wildman–Crippen MR) is 73.5 cm³/mol. The molecule has 0 saturated carbocycles. The summed E-state index contributed by atoms with van der Waals surface area (Å²) in [6.45, 7) is 9.53. The molecular weight excluding hydrogens is 226 g/mol. The molecule has 1 aromatic heterocycles. The predicted octanol–water partition coefficient (Wildman–Crippen LogP) is 2.14. The number of rotatable bonds is 6. The minimum absolute atomic E-state index is 0.0605. The largest absolute Gasteiger partial charge is 0.354 e. The fourth-order valence-corrected chi connectivity index (χ4v) is 2.06. The number of amides is 1. The first-order chi connectivity index (χ1) is 8.60. The van der Waals surface area contributed by atoms with Gasteiger partial charge in [0.05, 0.1) is 12.2 Å². The number of carbonyl (C=O) groups excluding carboxylic acids is 1. The molecule has 0 aromatic carbocycles. The summed E-state index contributed by atoms with van der Waals surface area (Å²) in [6.07, 6.45) is 5.20. The Kier molecular flexibility index (Phi) is 5.62. The summed E-state index contributed by atoms with van der Waals surface area (Å²) in [5, 5.41) is 7.38. The highest BCUT2D eigenvalue weighted by atomic mass is 16.1. The Bertz CT molecular complexity index is 432. The highest BCUT2D eigenvalue weighted by Gasteiger charge is 2.09. The summed E-state index contributed by atoms with van der Waals surface area (Å²) in [4.78, 5) is 11.4. The second-order valence-corrected chi connectivity index (χ2v) is 4.35. The van der Waals surface area contributed by atoms with E-state index in [1.54, 1.807) is 0 Å². The summed E-state index contributed by atoms with van der Waals surface area (Å²) in [5.74, 6) is 0.0605. The van der Waals surface area contributed by atoms with Crippen LogP contribution in [0.1, 0.15) is 37.2 Å². The summed E-state index contributed by atoms with van der Waals surface area (Å²) in [5.41, 5.74) is 3.61. The van der Waals surface area contributed by atoms with Crippen LogP contribution < -0.4 is 5.32 Å². The Morgan fingerprint density at radius 2 is 2.17 bits per heavy atom. The molecule has 0 spiro atoms. The van der Waals surface area contributed by atoms with E-state index in [1.807, 2.05) is 30.7 Å². The van der Waals surface area contributed by atoms with Crippen LogP contribution in [0.3, 0.4) is 0 Å². The van der Waals surface area contributed by atoms with Gasteiger partial charge in [-0.25, -0.2) is 0 Å². The average Bonchev–Trinajstić information content (AvgIpc) is 2.61. The van der Waals surface area contributed by atoms with Crippen molar-refractivity contribution in [1.82, 2.24) is 15.1 Å².